The van der Waals surface area contributed by atoms with Crippen molar-refractivity contribution in [1.82, 2.24) is 0 Å². The van der Waals surface area contributed by atoms with Crippen LogP contribution in [0.5, 0.6) is 0 Å². The molecule has 0 atom stereocenters. The zero-order valence-corrected chi connectivity index (χ0v) is 17.3. The molecule has 0 spiro atoms. The van der Waals surface area contributed by atoms with Gasteiger partial charge in [0.25, 0.3) is 0 Å². The molecule has 0 amide bonds. The first kappa shape index (κ1) is 19.8. The predicted octanol–water partition coefficient (Wildman–Crippen LogP) is 5.14. The molecule has 0 saturated heterocycles. The molecule has 0 unspecified atom stereocenters. The van der Waals surface area contributed by atoms with Gasteiger partial charge in [-0.2, -0.15) is 0 Å². The number of carbonyl (C=O) groups excluding carboxylic acids is 1. The molecule has 28 heavy (non-hydrogen) atoms. The lowest BCUT2D eigenvalue weighted by atomic mass is 9.84. The van der Waals surface area contributed by atoms with Crippen molar-refractivity contribution in [3.05, 3.63) is 89.1 Å². The average Bonchev–Trinajstić information content (AvgIpc) is 2.66. The largest absolute Gasteiger partial charge is 0.457 e. The summed E-state index contributed by atoms with van der Waals surface area (Å²) in [5, 5.41) is 0. The summed E-state index contributed by atoms with van der Waals surface area (Å²) >= 11 is 0. The fraction of sp³-hybridized carbons (Fsp3) is 0.280. The molecule has 144 valence electrons. The van der Waals surface area contributed by atoms with E-state index in [1.54, 1.807) is 0 Å². The Labute approximate surface area is 167 Å². The van der Waals surface area contributed by atoms with E-state index in [1.807, 2.05) is 55.6 Å². The van der Waals surface area contributed by atoms with Gasteiger partial charge in [-0.05, 0) is 29.5 Å². The van der Waals surface area contributed by atoms with E-state index < -0.39 is 0 Å². The van der Waals surface area contributed by atoms with E-state index in [1.165, 1.54) is 5.56 Å². The zero-order chi connectivity index (χ0) is 20.3. The van der Waals surface area contributed by atoms with E-state index in [0.29, 0.717) is 5.56 Å². The van der Waals surface area contributed by atoms with Gasteiger partial charge < -0.3 is 4.74 Å². The van der Waals surface area contributed by atoms with Crippen molar-refractivity contribution in [2.75, 3.05) is 0 Å². The van der Waals surface area contributed by atoms with Gasteiger partial charge in [0.2, 0.25) is 5.69 Å². The van der Waals surface area contributed by atoms with Crippen LogP contribution in [0, 0.1) is 6.92 Å². The van der Waals surface area contributed by atoms with Crippen molar-refractivity contribution in [1.29, 1.82) is 0 Å². The van der Waals surface area contributed by atoms with E-state index in [0.717, 1.165) is 22.4 Å². The standard InChI is InChI=1S/C25H28NO2/c1-18-11-9-10-14-20(18)23-15-21(22(16-26(23)5)25(2,3)4)24(27)28-17-19-12-7-6-8-13-19/h6-16H,17H2,1-5H3/q+1. The van der Waals surface area contributed by atoms with Crippen LogP contribution >= 0.6 is 0 Å². The van der Waals surface area contributed by atoms with Gasteiger partial charge >= 0.3 is 5.97 Å². The minimum absolute atomic E-state index is 0.177. The van der Waals surface area contributed by atoms with Crippen LogP contribution in [0.2, 0.25) is 0 Å². The molecule has 0 aliphatic heterocycles. The van der Waals surface area contributed by atoms with Crippen LogP contribution in [0.1, 0.15) is 47.8 Å². The van der Waals surface area contributed by atoms with E-state index in [9.17, 15) is 4.79 Å². The highest BCUT2D eigenvalue weighted by Gasteiger charge is 2.28. The minimum Gasteiger partial charge on any atom is -0.457 e. The quantitative estimate of drug-likeness (QED) is 0.467. The number of pyridine rings is 1. The Morgan fingerprint density at radius 1 is 1.00 bits per heavy atom. The summed E-state index contributed by atoms with van der Waals surface area (Å²) in [5.41, 5.74) is 5.69. The van der Waals surface area contributed by atoms with Crippen LogP contribution in [-0.2, 0) is 23.8 Å². The normalized spacial score (nSPS) is 11.3. The summed E-state index contributed by atoms with van der Waals surface area (Å²) < 4.78 is 7.76. The Morgan fingerprint density at radius 2 is 1.64 bits per heavy atom. The van der Waals surface area contributed by atoms with Gasteiger partial charge in [-0.25, -0.2) is 9.36 Å². The maximum absolute atomic E-state index is 13.0. The number of hydrogen-bond donors (Lipinski definition) is 0. The molecular formula is C25H28NO2+. The molecule has 3 aromatic rings. The van der Waals surface area contributed by atoms with E-state index in [-0.39, 0.29) is 18.0 Å². The van der Waals surface area contributed by atoms with Gasteiger partial charge in [-0.3, -0.25) is 0 Å². The number of benzene rings is 2. The van der Waals surface area contributed by atoms with Crippen LogP contribution in [0.25, 0.3) is 11.3 Å². The molecule has 0 aliphatic rings. The smallest absolute Gasteiger partial charge is 0.339 e. The van der Waals surface area contributed by atoms with Crippen molar-refractivity contribution in [2.45, 2.75) is 39.7 Å². The van der Waals surface area contributed by atoms with Gasteiger partial charge in [-0.15, -0.1) is 0 Å². The molecule has 0 radical (unpaired) electrons. The molecule has 1 aromatic heterocycles. The monoisotopic (exact) mass is 374 g/mol. The summed E-state index contributed by atoms with van der Waals surface area (Å²) in [5.74, 6) is -0.288. The highest BCUT2D eigenvalue weighted by molar-refractivity contribution is 5.92. The second-order valence-corrected chi connectivity index (χ2v) is 8.22. The fourth-order valence-corrected chi connectivity index (χ4v) is 3.34. The SMILES string of the molecule is Cc1ccccc1-c1cc(C(=O)OCc2ccccc2)c(C(C)(C)C)c[n+]1C. The van der Waals surface area contributed by atoms with E-state index >= 15 is 0 Å². The van der Waals surface area contributed by atoms with Crippen LogP contribution in [0.3, 0.4) is 0 Å². The van der Waals surface area contributed by atoms with Gasteiger partial charge in [-0.1, -0.05) is 69.3 Å². The van der Waals surface area contributed by atoms with Crippen molar-refractivity contribution in [3.63, 3.8) is 0 Å². The van der Waals surface area contributed by atoms with E-state index in [4.69, 9.17) is 4.74 Å². The number of esters is 1. The van der Waals surface area contributed by atoms with Gasteiger partial charge in [0.15, 0.2) is 6.20 Å². The first-order chi connectivity index (χ1) is 13.3. The molecule has 0 bridgehead atoms. The van der Waals surface area contributed by atoms with Crippen molar-refractivity contribution in [3.8, 4) is 11.3 Å². The summed E-state index contributed by atoms with van der Waals surface area (Å²) in [7, 11) is 2.02. The maximum atomic E-state index is 13.0. The van der Waals surface area contributed by atoms with Crippen LogP contribution in [0.4, 0.5) is 0 Å². The number of carbonyl (C=O) groups is 1. The third-order valence-electron chi connectivity index (χ3n) is 4.94. The Hall–Kier alpha value is -2.94. The second kappa shape index (κ2) is 7.97. The summed E-state index contributed by atoms with van der Waals surface area (Å²) in [6, 6.07) is 19.9. The molecular weight excluding hydrogens is 346 g/mol. The molecule has 0 saturated carbocycles. The predicted molar refractivity (Wildman–Crippen MR) is 112 cm³/mol. The minimum atomic E-state index is -0.288. The number of nitrogens with zero attached hydrogens (tertiary/aromatic N) is 1. The molecule has 3 nitrogen and oxygen atoms in total. The third-order valence-corrected chi connectivity index (χ3v) is 4.94. The van der Waals surface area contributed by atoms with Crippen LogP contribution in [0.15, 0.2) is 66.9 Å². The van der Waals surface area contributed by atoms with Gasteiger partial charge in [0.05, 0.1) is 5.56 Å². The molecule has 3 heteroatoms. The second-order valence-electron chi connectivity index (χ2n) is 8.22. The number of aryl methyl sites for hydroxylation is 2. The Morgan fingerprint density at radius 3 is 2.29 bits per heavy atom. The number of ether oxygens (including phenoxy) is 1. The number of aromatic nitrogens is 1. The van der Waals surface area contributed by atoms with Gasteiger partial charge in [0, 0.05) is 17.2 Å². The number of hydrogen-bond acceptors (Lipinski definition) is 2. The lowest BCUT2D eigenvalue weighted by Gasteiger charge is -2.21. The lowest BCUT2D eigenvalue weighted by molar-refractivity contribution is -0.661. The maximum Gasteiger partial charge on any atom is 0.339 e. The lowest BCUT2D eigenvalue weighted by Crippen LogP contribution is -2.35. The van der Waals surface area contributed by atoms with Gasteiger partial charge in [0.1, 0.15) is 13.7 Å². The average molecular weight is 375 g/mol. The molecule has 3 rings (SSSR count). The summed E-state index contributed by atoms with van der Waals surface area (Å²) in [4.78, 5) is 13.0. The molecule has 0 N–H and O–H groups in total. The summed E-state index contributed by atoms with van der Waals surface area (Å²) in [6.07, 6.45) is 2.06. The topological polar surface area (TPSA) is 30.2 Å². The van der Waals surface area contributed by atoms with Crippen LogP contribution in [-0.4, -0.2) is 5.97 Å². The Balaban J connectivity index is 2.03. The van der Waals surface area contributed by atoms with Crippen LogP contribution < -0.4 is 4.57 Å². The Kier molecular flexibility index (Phi) is 5.64. The molecule has 1 heterocycles. The number of rotatable bonds is 4. The van der Waals surface area contributed by atoms with Crippen molar-refractivity contribution in [2.24, 2.45) is 7.05 Å². The fourth-order valence-electron chi connectivity index (χ4n) is 3.34. The van der Waals surface area contributed by atoms with Crippen molar-refractivity contribution < 1.29 is 14.1 Å². The zero-order valence-electron chi connectivity index (χ0n) is 17.3. The highest BCUT2D eigenvalue weighted by atomic mass is 16.5. The molecule has 2 aromatic carbocycles. The highest BCUT2D eigenvalue weighted by Crippen LogP contribution is 2.29. The third kappa shape index (κ3) is 4.30. The van der Waals surface area contributed by atoms with Crippen molar-refractivity contribution >= 4 is 5.97 Å². The summed E-state index contributed by atoms with van der Waals surface area (Å²) in [6.45, 7) is 8.70. The molecule has 0 aliphatic carbocycles. The first-order valence-electron chi connectivity index (χ1n) is 9.58. The Bertz CT molecular complexity index is 985. The first-order valence-corrected chi connectivity index (χ1v) is 9.58. The molecule has 0 fully saturated rings. The van der Waals surface area contributed by atoms with E-state index in [2.05, 4.69) is 50.6 Å².